The maximum Gasteiger partial charge on any atom is 0.317 e. The van der Waals surface area contributed by atoms with Crippen LogP contribution in [0.5, 0.6) is 0 Å². The number of nitrogens with zero attached hydrogens (tertiary/aromatic N) is 1. The van der Waals surface area contributed by atoms with Gasteiger partial charge in [0.1, 0.15) is 0 Å². The van der Waals surface area contributed by atoms with E-state index in [-0.39, 0.29) is 29.9 Å². The van der Waals surface area contributed by atoms with E-state index in [1.165, 1.54) is 7.11 Å². The Kier molecular flexibility index (Phi) is 4.69. The molecule has 118 valence electrons. The second-order valence-corrected chi connectivity index (χ2v) is 5.94. The van der Waals surface area contributed by atoms with Crippen molar-refractivity contribution in [2.24, 2.45) is 17.8 Å². The largest absolute Gasteiger partial charge is 0.481 e. The highest BCUT2D eigenvalue weighted by Crippen LogP contribution is 2.27. The minimum atomic E-state index is -0.861. The molecule has 1 saturated carbocycles. The van der Waals surface area contributed by atoms with E-state index in [4.69, 9.17) is 9.84 Å². The Morgan fingerprint density at radius 3 is 2.52 bits per heavy atom. The van der Waals surface area contributed by atoms with E-state index >= 15 is 0 Å². The van der Waals surface area contributed by atoms with Gasteiger partial charge in [0.15, 0.2) is 0 Å². The summed E-state index contributed by atoms with van der Waals surface area (Å²) >= 11 is 0. The molecule has 1 saturated heterocycles. The summed E-state index contributed by atoms with van der Waals surface area (Å²) in [4.78, 5) is 36.6. The summed E-state index contributed by atoms with van der Waals surface area (Å²) in [5.74, 6) is -1.94. The van der Waals surface area contributed by atoms with Crippen molar-refractivity contribution in [3.05, 3.63) is 0 Å². The molecule has 2 N–H and O–H groups in total. The van der Waals surface area contributed by atoms with Gasteiger partial charge in [0.25, 0.3) is 0 Å². The van der Waals surface area contributed by atoms with E-state index in [0.717, 1.165) is 6.42 Å². The molecule has 7 nitrogen and oxygen atoms in total. The minimum absolute atomic E-state index is 0.0436. The lowest BCUT2D eigenvalue weighted by molar-refractivity contribution is -0.146. The molecule has 1 aliphatic carbocycles. The predicted octanol–water partition coefficient (Wildman–Crippen LogP) is 0.690. The monoisotopic (exact) mass is 298 g/mol. The molecule has 21 heavy (non-hydrogen) atoms. The molecule has 1 aliphatic heterocycles. The van der Waals surface area contributed by atoms with Gasteiger partial charge in [0.2, 0.25) is 0 Å². The van der Waals surface area contributed by atoms with Crippen molar-refractivity contribution in [3.63, 3.8) is 0 Å². The molecule has 0 radical (unpaired) electrons. The van der Waals surface area contributed by atoms with Crippen molar-refractivity contribution < 1.29 is 24.2 Å². The Morgan fingerprint density at radius 1 is 1.19 bits per heavy atom. The number of methoxy groups -OCH3 is 1. The van der Waals surface area contributed by atoms with Gasteiger partial charge >= 0.3 is 18.0 Å². The molecule has 2 fully saturated rings. The lowest BCUT2D eigenvalue weighted by atomic mass is 9.99. The van der Waals surface area contributed by atoms with E-state index in [0.29, 0.717) is 25.9 Å². The summed E-state index contributed by atoms with van der Waals surface area (Å²) < 4.78 is 4.74. The van der Waals surface area contributed by atoms with Crippen LogP contribution in [-0.2, 0) is 14.3 Å². The summed E-state index contributed by atoms with van der Waals surface area (Å²) in [5, 5.41) is 11.9. The van der Waals surface area contributed by atoms with Crippen LogP contribution in [0.3, 0.4) is 0 Å². The van der Waals surface area contributed by atoms with E-state index < -0.39 is 11.9 Å². The zero-order valence-electron chi connectivity index (χ0n) is 12.4. The topological polar surface area (TPSA) is 95.9 Å². The predicted molar refractivity (Wildman–Crippen MR) is 73.5 cm³/mol. The van der Waals surface area contributed by atoms with Crippen molar-refractivity contribution in [2.75, 3.05) is 20.2 Å². The minimum Gasteiger partial charge on any atom is -0.481 e. The lowest BCUT2D eigenvalue weighted by Gasteiger charge is -2.23. The maximum atomic E-state index is 12.2. The van der Waals surface area contributed by atoms with Gasteiger partial charge in [-0.2, -0.15) is 0 Å². The molecule has 2 amide bonds. The van der Waals surface area contributed by atoms with E-state index in [2.05, 4.69) is 5.32 Å². The van der Waals surface area contributed by atoms with Gasteiger partial charge in [-0.05, 0) is 18.8 Å². The number of rotatable bonds is 3. The molecule has 0 aromatic heterocycles. The van der Waals surface area contributed by atoms with Crippen molar-refractivity contribution in [3.8, 4) is 0 Å². The first-order valence-corrected chi connectivity index (χ1v) is 7.30. The van der Waals surface area contributed by atoms with Crippen molar-refractivity contribution in [2.45, 2.75) is 32.2 Å². The Balaban J connectivity index is 1.92. The molecule has 4 unspecified atom stereocenters. The second-order valence-electron chi connectivity index (χ2n) is 5.94. The normalized spacial score (nSPS) is 32.0. The molecule has 4 atom stereocenters. The number of hydrogen-bond donors (Lipinski definition) is 2. The first kappa shape index (κ1) is 15.6. The number of esters is 1. The smallest absolute Gasteiger partial charge is 0.317 e. The number of urea groups is 1. The third kappa shape index (κ3) is 3.28. The Hall–Kier alpha value is -1.79. The quantitative estimate of drug-likeness (QED) is 0.747. The Bertz CT molecular complexity index is 439. The van der Waals surface area contributed by atoms with E-state index in [1.807, 2.05) is 6.92 Å². The van der Waals surface area contributed by atoms with Gasteiger partial charge < -0.3 is 20.1 Å². The van der Waals surface area contributed by atoms with Gasteiger partial charge in [-0.15, -0.1) is 0 Å². The number of carboxylic acids is 1. The summed E-state index contributed by atoms with van der Waals surface area (Å²) in [6.45, 7) is 2.71. The average molecular weight is 298 g/mol. The maximum absolute atomic E-state index is 12.2. The Morgan fingerprint density at radius 2 is 1.90 bits per heavy atom. The SMILES string of the molecule is COC(=O)C1CN(C(=O)NC2CCCC2C(=O)O)CC1C. The van der Waals surface area contributed by atoms with Crippen LogP contribution >= 0.6 is 0 Å². The molecule has 7 heteroatoms. The molecular formula is C14H22N2O5. The van der Waals surface area contributed by atoms with Crippen molar-refractivity contribution in [1.82, 2.24) is 10.2 Å². The highest BCUT2D eigenvalue weighted by Gasteiger charge is 2.40. The number of carboxylic acid groups (broad SMARTS) is 1. The number of amides is 2. The molecule has 1 heterocycles. The van der Waals surface area contributed by atoms with Crippen LogP contribution in [0.15, 0.2) is 0 Å². The summed E-state index contributed by atoms with van der Waals surface area (Å²) in [6, 6.07) is -0.603. The number of nitrogens with one attached hydrogen (secondary N) is 1. The standard InChI is InChI=1S/C14H22N2O5/c1-8-6-16(7-10(8)13(19)21-2)14(20)15-11-5-3-4-9(11)12(17)18/h8-11H,3-7H2,1-2H3,(H,15,20)(H,17,18). The van der Waals surface area contributed by atoms with Crippen LogP contribution in [0.1, 0.15) is 26.2 Å². The number of ether oxygens (including phenoxy) is 1. The molecule has 0 spiro atoms. The van der Waals surface area contributed by atoms with Crippen molar-refractivity contribution >= 4 is 18.0 Å². The average Bonchev–Trinajstić information content (AvgIpc) is 3.04. The fraction of sp³-hybridized carbons (Fsp3) is 0.786. The van der Waals surface area contributed by atoms with Crippen molar-refractivity contribution in [1.29, 1.82) is 0 Å². The summed E-state index contributed by atoms with van der Waals surface area (Å²) in [7, 11) is 1.34. The van der Waals surface area contributed by atoms with Gasteiger partial charge in [-0.1, -0.05) is 13.3 Å². The second kappa shape index (κ2) is 6.32. The number of carbonyl (C=O) groups is 3. The van der Waals surface area contributed by atoms with Crippen LogP contribution in [0, 0.1) is 17.8 Å². The summed E-state index contributed by atoms with van der Waals surface area (Å²) in [6.07, 6.45) is 2.09. The number of likely N-dealkylation sites (tertiary alicyclic amines) is 1. The number of aliphatic carboxylic acids is 1. The van der Waals surface area contributed by atoms with Gasteiger partial charge in [0.05, 0.1) is 18.9 Å². The van der Waals surface area contributed by atoms with E-state index in [1.54, 1.807) is 4.90 Å². The van der Waals surface area contributed by atoms with Crippen LogP contribution < -0.4 is 5.32 Å². The first-order valence-electron chi connectivity index (χ1n) is 7.30. The molecule has 2 aliphatic rings. The molecule has 0 aromatic carbocycles. The third-order valence-electron chi connectivity index (χ3n) is 4.55. The zero-order chi connectivity index (χ0) is 15.6. The number of hydrogen-bond acceptors (Lipinski definition) is 4. The highest BCUT2D eigenvalue weighted by molar-refractivity contribution is 5.79. The summed E-state index contributed by atoms with van der Waals surface area (Å²) in [5.41, 5.74) is 0. The van der Waals surface area contributed by atoms with Gasteiger partial charge in [-0.25, -0.2) is 4.79 Å². The van der Waals surface area contributed by atoms with Crippen LogP contribution in [0.2, 0.25) is 0 Å². The van der Waals surface area contributed by atoms with Crippen LogP contribution in [0.4, 0.5) is 4.79 Å². The van der Waals surface area contributed by atoms with Gasteiger partial charge in [0, 0.05) is 19.1 Å². The third-order valence-corrected chi connectivity index (χ3v) is 4.55. The molecule has 0 bridgehead atoms. The molecule has 0 aromatic rings. The fourth-order valence-electron chi connectivity index (χ4n) is 3.27. The van der Waals surface area contributed by atoms with Gasteiger partial charge in [-0.3, -0.25) is 9.59 Å². The Labute approximate surface area is 123 Å². The lowest BCUT2D eigenvalue weighted by Crippen LogP contribution is -2.46. The molecule has 2 rings (SSSR count). The fourth-order valence-corrected chi connectivity index (χ4v) is 3.27. The zero-order valence-corrected chi connectivity index (χ0v) is 12.4. The number of carbonyl (C=O) groups excluding carboxylic acids is 2. The first-order chi connectivity index (χ1) is 9.93. The van der Waals surface area contributed by atoms with Crippen LogP contribution in [-0.4, -0.2) is 54.2 Å². The highest BCUT2D eigenvalue weighted by atomic mass is 16.5. The molecular weight excluding hydrogens is 276 g/mol. The van der Waals surface area contributed by atoms with E-state index in [9.17, 15) is 14.4 Å². The van der Waals surface area contributed by atoms with Crippen LogP contribution in [0.25, 0.3) is 0 Å².